The molecule has 0 radical (unpaired) electrons. The summed E-state index contributed by atoms with van der Waals surface area (Å²) in [6.07, 6.45) is -0.777. The van der Waals surface area contributed by atoms with Crippen molar-refractivity contribution in [2.75, 3.05) is 17.2 Å². The van der Waals surface area contributed by atoms with E-state index in [1.165, 1.54) is 23.0 Å². The summed E-state index contributed by atoms with van der Waals surface area (Å²) in [5, 5.41) is 24.4. The molecule has 3 saturated carbocycles. The van der Waals surface area contributed by atoms with Gasteiger partial charge in [-0.2, -0.15) is 27.2 Å². The maximum atomic E-state index is 16.0. The number of aryl methyl sites for hydroxylation is 1. The van der Waals surface area contributed by atoms with Crippen molar-refractivity contribution in [3.05, 3.63) is 69.9 Å². The number of nitriles is 1. The van der Waals surface area contributed by atoms with Crippen molar-refractivity contribution in [3.8, 4) is 6.07 Å². The summed E-state index contributed by atoms with van der Waals surface area (Å²) >= 11 is 6.59. The van der Waals surface area contributed by atoms with Crippen LogP contribution in [-0.4, -0.2) is 37.7 Å². The van der Waals surface area contributed by atoms with E-state index in [9.17, 15) is 22.8 Å². The van der Waals surface area contributed by atoms with Gasteiger partial charge in [-0.3, -0.25) is 4.98 Å². The Balaban J connectivity index is 1.44. The van der Waals surface area contributed by atoms with Gasteiger partial charge in [-0.25, -0.2) is 9.67 Å². The third kappa shape index (κ3) is 4.81. The predicted molar refractivity (Wildman–Crippen MR) is 149 cm³/mol. The second-order valence-corrected chi connectivity index (χ2v) is 12.4. The maximum absolute atomic E-state index is 16.0. The van der Waals surface area contributed by atoms with Crippen molar-refractivity contribution in [2.24, 2.45) is 11.3 Å². The summed E-state index contributed by atoms with van der Waals surface area (Å²) in [7, 11) is 0. The van der Waals surface area contributed by atoms with Crippen molar-refractivity contribution < 1.29 is 22.0 Å². The van der Waals surface area contributed by atoms with Crippen LogP contribution in [0.15, 0.2) is 30.5 Å². The summed E-state index contributed by atoms with van der Waals surface area (Å²) < 4.78 is 72.0. The van der Waals surface area contributed by atoms with Gasteiger partial charge in [-0.15, -0.1) is 5.10 Å². The van der Waals surface area contributed by atoms with Crippen LogP contribution in [0.5, 0.6) is 0 Å². The number of hydrogen-bond acceptors (Lipinski definition) is 7. The van der Waals surface area contributed by atoms with Gasteiger partial charge in [0.1, 0.15) is 17.8 Å². The summed E-state index contributed by atoms with van der Waals surface area (Å²) in [5.41, 5.74) is -1.12. The zero-order valence-electron chi connectivity index (χ0n) is 23.3. The highest BCUT2D eigenvalue weighted by molar-refractivity contribution is 6.35. The van der Waals surface area contributed by atoms with Gasteiger partial charge >= 0.3 is 6.18 Å². The van der Waals surface area contributed by atoms with Crippen LogP contribution >= 0.6 is 11.6 Å². The Morgan fingerprint density at radius 3 is 2.51 bits per heavy atom. The molecule has 3 aliphatic carbocycles. The van der Waals surface area contributed by atoms with Gasteiger partial charge in [-0.1, -0.05) is 22.9 Å². The van der Waals surface area contributed by atoms with Gasteiger partial charge in [0.25, 0.3) is 0 Å². The first-order valence-electron chi connectivity index (χ1n) is 13.6. The van der Waals surface area contributed by atoms with Crippen LogP contribution in [0.2, 0.25) is 5.02 Å². The number of pyridine rings is 2. The largest absolute Gasteiger partial charge is 0.395 e. The van der Waals surface area contributed by atoms with Gasteiger partial charge < -0.3 is 10.6 Å². The molecule has 0 amide bonds. The van der Waals surface area contributed by atoms with E-state index in [0.717, 1.165) is 39.2 Å². The number of alkyl halides is 3. The van der Waals surface area contributed by atoms with Crippen LogP contribution < -0.4 is 10.6 Å². The Hall–Kier alpha value is -4.05. The Morgan fingerprint density at radius 1 is 1.19 bits per heavy atom. The molecule has 7 rings (SSSR count). The zero-order valence-corrected chi connectivity index (χ0v) is 24.1. The molecule has 14 heteroatoms. The summed E-state index contributed by atoms with van der Waals surface area (Å²) in [5.74, 6) is -0.767. The summed E-state index contributed by atoms with van der Waals surface area (Å²) in [6.45, 7) is 3.15. The molecule has 4 aromatic rings. The lowest BCUT2D eigenvalue weighted by Crippen LogP contribution is -2.60. The maximum Gasteiger partial charge on any atom is 0.395 e. The standard InChI is InChI=1S/C29H26ClF5N8/c1-14-18(4-5-21(31)39-14)24(25-26(32)43(42-41-25)28-8-15(9-28)10-28)40-17-6-19-22(38-13-27(2,3)29(33,34)35)16(11-36)12-37-23(19)20(30)7-17/h4-7,12,15,24,40H,8-10,13H2,1-3H3,(H,37,38). The molecule has 3 aliphatic rings. The number of nitrogens with one attached hydrogen (secondary N) is 2. The normalized spacial score (nSPS) is 20.2. The molecule has 0 saturated heterocycles. The number of anilines is 2. The third-order valence-corrected chi connectivity index (χ3v) is 8.89. The van der Waals surface area contributed by atoms with Crippen molar-refractivity contribution in [2.45, 2.75) is 57.8 Å². The van der Waals surface area contributed by atoms with Crippen LogP contribution in [0, 0.1) is 41.5 Å². The van der Waals surface area contributed by atoms with E-state index < -0.39 is 36.1 Å². The number of fused-ring (bicyclic) bond motifs is 1. The molecule has 3 fully saturated rings. The van der Waals surface area contributed by atoms with E-state index in [4.69, 9.17) is 11.6 Å². The molecule has 1 atom stereocenters. The molecule has 1 aromatic carbocycles. The Morgan fingerprint density at radius 2 is 1.91 bits per heavy atom. The number of aromatic nitrogens is 5. The van der Waals surface area contributed by atoms with Crippen molar-refractivity contribution in [3.63, 3.8) is 0 Å². The number of halogens is 6. The zero-order chi connectivity index (χ0) is 30.9. The van der Waals surface area contributed by atoms with E-state index in [0.29, 0.717) is 17.2 Å². The fourth-order valence-electron chi connectivity index (χ4n) is 5.79. The Bertz CT molecular complexity index is 1780. The van der Waals surface area contributed by atoms with Gasteiger partial charge in [-0.05, 0) is 64.2 Å². The number of nitrogens with zero attached hydrogens (tertiary/aromatic N) is 6. The Kier molecular flexibility index (Phi) is 6.76. The summed E-state index contributed by atoms with van der Waals surface area (Å²) in [4.78, 5) is 8.14. The van der Waals surface area contributed by atoms with Crippen LogP contribution in [0.1, 0.15) is 61.7 Å². The highest BCUT2D eigenvalue weighted by Gasteiger charge is 2.60. The van der Waals surface area contributed by atoms with Gasteiger partial charge in [0.15, 0.2) is 0 Å². The first-order valence-corrected chi connectivity index (χ1v) is 13.9. The average Bonchev–Trinajstić information content (AvgIpc) is 3.24. The average molecular weight is 617 g/mol. The van der Waals surface area contributed by atoms with Crippen molar-refractivity contribution in [1.29, 1.82) is 5.26 Å². The molecule has 0 spiro atoms. The quantitative estimate of drug-likeness (QED) is 0.162. The number of rotatable bonds is 8. The highest BCUT2D eigenvalue weighted by atomic mass is 35.5. The smallest absolute Gasteiger partial charge is 0.382 e. The predicted octanol–water partition coefficient (Wildman–Crippen LogP) is 7.04. The molecule has 0 aliphatic heterocycles. The van der Waals surface area contributed by atoms with Crippen molar-refractivity contribution >= 4 is 33.9 Å². The molecular formula is C29H26ClF5N8. The fourth-order valence-corrected chi connectivity index (χ4v) is 6.06. The van der Waals surface area contributed by atoms with Gasteiger partial charge in [0.05, 0.1) is 32.7 Å². The molecule has 2 N–H and O–H groups in total. The van der Waals surface area contributed by atoms with E-state index in [-0.39, 0.29) is 44.1 Å². The van der Waals surface area contributed by atoms with Crippen molar-refractivity contribution in [1.82, 2.24) is 25.0 Å². The molecule has 224 valence electrons. The first-order chi connectivity index (χ1) is 20.2. The van der Waals surface area contributed by atoms with E-state index >= 15 is 4.39 Å². The lowest BCUT2D eigenvalue weighted by Gasteiger charge is -2.60. The minimum absolute atomic E-state index is 0.0152. The highest BCUT2D eigenvalue weighted by Crippen LogP contribution is 2.62. The molecule has 8 nitrogen and oxygen atoms in total. The SMILES string of the molecule is Cc1nc(F)ccc1C(Nc1cc(Cl)c2ncc(C#N)c(NCC(C)(C)C(F)(F)F)c2c1)c1nnn(C23CC(C2)C3)c1F. The fraction of sp³-hybridized carbons (Fsp3) is 0.414. The molecular weight excluding hydrogens is 591 g/mol. The molecule has 43 heavy (non-hydrogen) atoms. The third-order valence-electron chi connectivity index (χ3n) is 8.60. The van der Waals surface area contributed by atoms with Gasteiger partial charge in [0.2, 0.25) is 11.9 Å². The second-order valence-electron chi connectivity index (χ2n) is 12.0. The minimum Gasteiger partial charge on any atom is -0.382 e. The van der Waals surface area contributed by atoms with Crippen LogP contribution in [-0.2, 0) is 5.54 Å². The minimum atomic E-state index is -4.50. The van der Waals surface area contributed by atoms with E-state index in [1.54, 1.807) is 13.0 Å². The topological polar surface area (TPSA) is 104 Å². The first kappa shape index (κ1) is 29.0. The van der Waals surface area contributed by atoms with Crippen LogP contribution in [0.3, 0.4) is 0 Å². The number of hydrogen-bond donors (Lipinski definition) is 2. The lowest BCUT2D eigenvalue weighted by atomic mass is 9.50. The van der Waals surface area contributed by atoms with E-state index in [1.807, 2.05) is 6.07 Å². The molecule has 2 bridgehead atoms. The van der Waals surface area contributed by atoms with Crippen LogP contribution in [0.4, 0.5) is 33.3 Å². The van der Waals surface area contributed by atoms with E-state index in [2.05, 4.69) is 30.9 Å². The molecule has 1 unspecified atom stereocenters. The number of benzene rings is 1. The van der Waals surface area contributed by atoms with Gasteiger partial charge in [0, 0.05) is 35.1 Å². The summed E-state index contributed by atoms with van der Waals surface area (Å²) in [6, 6.07) is 6.68. The molecule has 3 aromatic heterocycles. The molecule has 3 heterocycles. The lowest BCUT2D eigenvalue weighted by molar-refractivity contribution is -0.206. The monoisotopic (exact) mass is 616 g/mol. The second kappa shape index (κ2) is 10.0. The Labute approximate surface area is 248 Å². The van der Waals surface area contributed by atoms with Crippen LogP contribution in [0.25, 0.3) is 10.9 Å².